The van der Waals surface area contributed by atoms with Gasteiger partial charge in [0, 0.05) is 6.92 Å². The minimum atomic E-state index is -0.562. The molecule has 0 N–H and O–H groups in total. The van der Waals surface area contributed by atoms with Gasteiger partial charge in [-0.2, -0.15) is 5.26 Å². The predicted octanol–water partition coefficient (Wildman–Crippen LogP) is 2.19. The van der Waals surface area contributed by atoms with E-state index >= 15 is 0 Å². The van der Waals surface area contributed by atoms with Crippen molar-refractivity contribution in [3.05, 3.63) is 35.6 Å². The van der Waals surface area contributed by atoms with E-state index < -0.39 is 12.1 Å². The van der Waals surface area contributed by atoms with Crippen molar-refractivity contribution in [1.82, 2.24) is 0 Å². The van der Waals surface area contributed by atoms with Crippen LogP contribution >= 0.6 is 0 Å². The molecule has 0 spiro atoms. The van der Waals surface area contributed by atoms with E-state index in [1.807, 2.05) is 6.07 Å². The molecular formula is C13H14FNO3. The number of ether oxygens (including phenoxy) is 2. The van der Waals surface area contributed by atoms with E-state index in [1.165, 1.54) is 19.1 Å². The highest BCUT2D eigenvalue weighted by molar-refractivity contribution is 5.66. The first-order chi connectivity index (χ1) is 8.61. The Morgan fingerprint density at radius 3 is 2.67 bits per heavy atom. The summed E-state index contributed by atoms with van der Waals surface area (Å²) in [5.41, 5.74) is 0.815. The molecular weight excluding hydrogens is 237 g/mol. The molecule has 1 atom stereocenters. The molecule has 18 heavy (non-hydrogen) atoms. The van der Waals surface area contributed by atoms with E-state index in [4.69, 9.17) is 14.7 Å². The second-order valence-electron chi connectivity index (χ2n) is 3.74. The largest absolute Gasteiger partial charge is 0.459 e. The molecule has 0 aromatic heterocycles. The fourth-order valence-corrected chi connectivity index (χ4v) is 1.36. The van der Waals surface area contributed by atoms with Gasteiger partial charge in [-0.3, -0.25) is 4.79 Å². The van der Waals surface area contributed by atoms with Gasteiger partial charge in [0.2, 0.25) is 0 Å². The van der Waals surface area contributed by atoms with Crippen LogP contribution in [0.25, 0.3) is 0 Å². The highest BCUT2D eigenvalue weighted by Gasteiger charge is 2.11. The number of rotatable bonds is 6. The predicted molar refractivity (Wildman–Crippen MR) is 61.8 cm³/mol. The fraction of sp³-hybridized carbons (Fsp3) is 0.385. The normalized spacial score (nSPS) is 11.6. The number of hydrogen-bond donors (Lipinski definition) is 0. The molecule has 0 heterocycles. The van der Waals surface area contributed by atoms with Crippen LogP contribution in [0.15, 0.2) is 24.3 Å². The molecule has 0 aliphatic rings. The lowest BCUT2D eigenvalue weighted by atomic mass is 10.2. The van der Waals surface area contributed by atoms with Crippen molar-refractivity contribution in [2.24, 2.45) is 0 Å². The van der Waals surface area contributed by atoms with Gasteiger partial charge in [0.1, 0.15) is 11.9 Å². The van der Waals surface area contributed by atoms with Crippen LogP contribution < -0.4 is 0 Å². The summed E-state index contributed by atoms with van der Waals surface area (Å²) in [7, 11) is 0. The Bertz CT molecular complexity index is 425. The third-order valence-corrected chi connectivity index (χ3v) is 2.14. The molecule has 0 fully saturated rings. The maximum atomic E-state index is 12.6. The maximum absolute atomic E-state index is 12.6. The first kappa shape index (κ1) is 14.1. The van der Waals surface area contributed by atoms with Crippen molar-refractivity contribution in [2.45, 2.75) is 26.1 Å². The van der Waals surface area contributed by atoms with Gasteiger partial charge in [-0.05, 0) is 17.7 Å². The number of carbonyl (C=O) groups is 1. The number of benzene rings is 1. The minimum Gasteiger partial charge on any atom is -0.459 e. The van der Waals surface area contributed by atoms with Gasteiger partial charge in [0.25, 0.3) is 0 Å². The molecule has 0 unspecified atom stereocenters. The Balaban J connectivity index is 2.36. The van der Waals surface area contributed by atoms with Crippen LogP contribution in [0.4, 0.5) is 4.39 Å². The van der Waals surface area contributed by atoms with Gasteiger partial charge in [0.05, 0.1) is 25.7 Å². The van der Waals surface area contributed by atoms with Gasteiger partial charge in [-0.15, -0.1) is 0 Å². The zero-order valence-corrected chi connectivity index (χ0v) is 10.1. The number of halogens is 1. The van der Waals surface area contributed by atoms with Crippen molar-refractivity contribution in [1.29, 1.82) is 5.26 Å². The number of esters is 1. The lowest BCUT2D eigenvalue weighted by Crippen LogP contribution is -2.21. The minimum absolute atomic E-state index is 0.0863. The molecule has 0 saturated heterocycles. The molecule has 1 rings (SSSR count). The Hall–Kier alpha value is -1.93. The molecule has 0 radical (unpaired) electrons. The van der Waals surface area contributed by atoms with Gasteiger partial charge in [0.15, 0.2) is 0 Å². The fourth-order valence-electron chi connectivity index (χ4n) is 1.36. The average Bonchev–Trinajstić information content (AvgIpc) is 2.31. The third kappa shape index (κ3) is 5.41. The molecule has 1 aromatic carbocycles. The van der Waals surface area contributed by atoms with Crippen LogP contribution in [0, 0.1) is 17.1 Å². The van der Waals surface area contributed by atoms with Crippen molar-refractivity contribution in [2.75, 3.05) is 6.61 Å². The smallest absolute Gasteiger partial charge is 0.303 e. The zero-order valence-electron chi connectivity index (χ0n) is 10.1. The Kier molecular flexibility index (Phi) is 5.81. The van der Waals surface area contributed by atoms with Crippen molar-refractivity contribution in [3.63, 3.8) is 0 Å². The van der Waals surface area contributed by atoms with Gasteiger partial charge < -0.3 is 9.47 Å². The molecule has 0 amide bonds. The summed E-state index contributed by atoms with van der Waals surface area (Å²) in [4.78, 5) is 10.8. The molecule has 0 saturated carbocycles. The Morgan fingerprint density at radius 2 is 2.11 bits per heavy atom. The average molecular weight is 251 g/mol. The van der Waals surface area contributed by atoms with E-state index in [2.05, 4.69) is 0 Å². The lowest BCUT2D eigenvalue weighted by Gasteiger charge is -2.14. The number of nitriles is 1. The number of hydrogen-bond acceptors (Lipinski definition) is 4. The summed E-state index contributed by atoms with van der Waals surface area (Å²) < 4.78 is 22.9. The first-order valence-electron chi connectivity index (χ1n) is 5.48. The van der Waals surface area contributed by atoms with Crippen LogP contribution in [0.3, 0.4) is 0 Å². The highest BCUT2D eigenvalue weighted by atomic mass is 19.1. The quantitative estimate of drug-likeness (QED) is 0.727. The molecule has 0 aliphatic carbocycles. The number of nitrogens with zero attached hydrogens (tertiary/aromatic N) is 1. The van der Waals surface area contributed by atoms with Gasteiger partial charge in [-0.1, -0.05) is 12.1 Å². The molecule has 1 aromatic rings. The Morgan fingerprint density at radius 1 is 1.44 bits per heavy atom. The van der Waals surface area contributed by atoms with Crippen LogP contribution in [0.2, 0.25) is 0 Å². The van der Waals surface area contributed by atoms with Crippen LogP contribution in [0.5, 0.6) is 0 Å². The van der Waals surface area contributed by atoms with Crippen LogP contribution in [-0.4, -0.2) is 18.7 Å². The van der Waals surface area contributed by atoms with Crippen molar-refractivity contribution >= 4 is 5.97 Å². The van der Waals surface area contributed by atoms with E-state index in [0.29, 0.717) is 0 Å². The molecule has 0 aliphatic heterocycles. The monoisotopic (exact) mass is 251 g/mol. The van der Waals surface area contributed by atoms with E-state index in [0.717, 1.165) is 5.56 Å². The lowest BCUT2D eigenvalue weighted by molar-refractivity contribution is -0.149. The van der Waals surface area contributed by atoms with E-state index in [-0.39, 0.29) is 25.5 Å². The third-order valence-electron chi connectivity index (χ3n) is 2.14. The van der Waals surface area contributed by atoms with Crippen LogP contribution in [0.1, 0.15) is 18.9 Å². The Labute approximate surface area is 105 Å². The van der Waals surface area contributed by atoms with Crippen molar-refractivity contribution < 1.29 is 18.7 Å². The second kappa shape index (κ2) is 7.41. The number of carbonyl (C=O) groups excluding carboxylic acids is 1. The summed E-state index contributed by atoms with van der Waals surface area (Å²) in [6.07, 6.45) is -0.476. The molecule has 4 nitrogen and oxygen atoms in total. The maximum Gasteiger partial charge on any atom is 0.303 e. The van der Waals surface area contributed by atoms with Gasteiger partial charge in [-0.25, -0.2) is 4.39 Å². The van der Waals surface area contributed by atoms with E-state index in [1.54, 1.807) is 12.1 Å². The van der Waals surface area contributed by atoms with E-state index in [9.17, 15) is 9.18 Å². The summed E-state index contributed by atoms with van der Waals surface area (Å²) in [6, 6.07) is 7.84. The summed E-state index contributed by atoms with van der Waals surface area (Å²) >= 11 is 0. The zero-order chi connectivity index (χ0) is 13.4. The second-order valence-corrected chi connectivity index (χ2v) is 3.74. The summed E-state index contributed by atoms with van der Waals surface area (Å²) in [5, 5.41) is 8.56. The molecule has 0 bridgehead atoms. The van der Waals surface area contributed by atoms with Gasteiger partial charge >= 0.3 is 5.97 Å². The summed E-state index contributed by atoms with van der Waals surface area (Å²) in [6.45, 7) is 1.71. The first-order valence-corrected chi connectivity index (χ1v) is 5.48. The molecule has 5 heteroatoms. The topological polar surface area (TPSA) is 59.3 Å². The molecule has 96 valence electrons. The summed E-state index contributed by atoms with van der Waals surface area (Å²) in [5.74, 6) is -0.748. The SMILES string of the molecule is CC(=O)O[C@H](CC#N)COCc1ccc(F)cc1. The van der Waals surface area contributed by atoms with Crippen molar-refractivity contribution in [3.8, 4) is 6.07 Å². The highest BCUT2D eigenvalue weighted by Crippen LogP contribution is 2.06. The standard InChI is InChI=1S/C13H14FNO3/c1-10(16)18-13(6-7-15)9-17-8-11-2-4-12(14)5-3-11/h2-5,13H,6,8-9H2,1H3/t13-/m1/s1. The van der Waals surface area contributed by atoms with Crippen LogP contribution in [-0.2, 0) is 20.9 Å².